The highest BCUT2D eigenvalue weighted by atomic mass is 32.2. The molecule has 1 aromatic heterocycles. The van der Waals surface area contributed by atoms with Gasteiger partial charge in [0.1, 0.15) is 0 Å². The van der Waals surface area contributed by atoms with Crippen LogP contribution >= 0.6 is 0 Å². The molecule has 0 bridgehead atoms. The van der Waals surface area contributed by atoms with Crippen LogP contribution in [-0.4, -0.2) is 18.6 Å². The number of halogens is 6. The molecular weight excluding hydrogens is 400 g/mol. The molecule has 0 atom stereocenters. The predicted octanol–water partition coefficient (Wildman–Crippen LogP) is 4.40. The van der Waals surface area contributed by atoms with Gasteiger partial charge in [0.15, 0.2) is 0 Å². The van der Waals surface area contributed by atoms with Gasteiger partial charge in [-0.1, -0.05) is 6.07 Å². The highest BCUT2D eigenvalue weighted by Crippen LogP contribution is 2.37. The number of alkyl halides is 6. The topological polar surface area (TPSA) is 74.8 Å². The molecule has 2 aromatic carbocycles. The highest BCUT2D eigenvalue weighted by Gasteiger charge is 2.38. The Hall–Kier alpha value is -2.76. The number of sulfonamides is 1. The standard InChI is InChI=1S/C15H9F6N3O2S/c16-14(17,18)8-4-9(15(19,20)21)6-10(5-8)27(25,26)24-13-3-1-2-12-11(13)7-22-23-12/h1-7,24H,(H,22,23). The van der Waals surface area contributed by atoms with E-state index in [9.17, 15) is 34.8 Å². The van der Waals surface area contributed by atoms with Crippen LogP contribution in [0.15, 0.2) is 47.5 Å². The molecule has 0 aliphatic rings. The Morgan fingerprint density at radius 2 is 1.52 bits per heavy atom. The maximum Gasteiger partial charge on any atom is 0.416 e. The van der Waals surface area contributed by atoms with Crippen LogP contribution in [-0.2, 0) is 22.4 Å². The SMILES string of the molecule is O=S(=O)(Nc1cccc2[nH]ncc12)c1cc(C(F)(F)F)cc(C(F)(F)F)c1. The van der Waals surface area contributed by atoms with E-state index in [1.165, 1.54) is 18.3 Å². The molecule has 0 amide bonds. The summed E-state index contributed by atoms with van der Waals surface area (Å²) in [6.07, 6.45) is -9.05. The molecular formula is C15H9F6N3O2S. The zero-order valence-electron chi connectivity index (χ0n) is 13.0. The second-order valence-electron chi connectivity index (χ2n) is 5.48. The van der Waals surface area contributed by atoms with Crippen molar-refractivity contribution < 1.29 is 34.8 Å². The van der Waals surface area contributed by atoms with Crippen molar-refractivity contribution in [2.24, 2.45) is 0 Å². The molecule has 0 fully saturated rings. The summed E-state index contributed by atoms with van der Waals surface area (Å²) in [7, 11) is -4.74. The van der Waals surface area contributed by atoms with Crippen LogP contribution in [0, 0.1) is 0 Å². The molecule has 0 aliphatic carbocycles. The first kappa shape index (κ1) is 19.0. The monoisotopic (exact) mass is 409 g/mol. The van der Waals surface area contributed by atoms with Crippen molar-refractivity contribution in [2.75, 3.05) is 4.72 Å². The van der Waals surface area contributed by atoms with E-state index in [1.807, 2.05) is 4.72 Å². The number of benzene rings is 2. The number of fused-ring (bicyclic) bond motifs is 1. The van der Waals surface area contributed by atoms with E-state index in [0.717, 1.165) is 0 Å². The number of hydrogen-bond acceptors (Lipinski definition) is 3. The summed E-state index contributed by atoms with van der Waals surface area (Å²) in [6, 6.07) is 4.45. The van der Waals surface area contributed by atoms with E-state index >= 15 is 0 Å². The van der Waals surface area contributed by atoms with E-state index in [2.05, 4.69) is 10.2 Å². The summed E-state index contributed by atoms with van der Waals surface area (Å²) in [5, 5.41) is 6.56. The summed E-state index contributed by atoms with van der Waals surface area (Å²) in [6.45, 7) is 0. The molecule has 1 heterocycles. The summed E-state index contributed by atoms with van der Waals surface area (Å²) in [4.78, 5) is -1.16. The third kappa shape index (κ3) is 3.84. The normalized spacial score (nSPS) is 13.1. The van der Waals surface area contributed by atoms with Gasteiger partial charge in [0.25, 0.3) is 10.0 Å². The van der Waals surface area contributed by atoms with Crippen molar-refractivity contribution in [1.82, 2.24) is 10.2 Å². The minimum atomic E-state index is -5.16. The summed E-state index contributed by atoms with van der Waals surface area (Å²) in [5.41, 5.74) is -3.07. The summed E-state index contributed by atoms with van der Waals surface area (Å²) >= 11 is 0. The maximum atomic E-state index is 12.9. The molecule has 3 rings (SSSR count). The van der Waals surface area contributed by atoms with Crippen molar-refractivity contribution in [3.63, 3.8) is 0 Å². The van der Waals surface area contributed by atoms with Crippen molar-refractivity contribution >= 4 is 26.6 Å². The number of nitrogens with one attached hydrogen (secondary N) is 2. The Morgan fingerprint density at radius 3 is 2.07 bits per heavy atom. The molecule has 12 heteroatoms. The smallest absolute Gasteiger partial charge is 0.279 e. The van der Waals surface area contributed by atoms with Crippen LogP contribution in [0.1, 0.15) is 11.1 Å². The van der Waals surface area contributed by atoms with Gasteiger partial charge in [0.05, 0.1) is 33.4 Å². The van der Waals surface area contributed by atoms with E-state index in [4.69, 9.17) is 0 Å². The number of nitrogens with zero attached hydrogens (tertiary/aromatic N) is 1. The van der Waals surface area contributed by atoms with Gasteiger partial charge < -0.3 is 0 Å². The Kier molecular flexibility index (Phi) is 4.33. The summed E-state index contributed by atoms with van der Waals surface area (Å²) < 4.78 is 104. The fourth-order valence-electron chi connectivity index (χ4n) is 2.34. The number of aromatic nitrogens is 2. The number of aromatic amines is 1. The van der Waals surface area contributed by atoms with Gasteiger partial charge >= 0.3 is 12.4 Å². The van der Waals surface area contributed by atoms with Crippen LogP contribution in [0.4, 0.5) is 32.0 Å². The molecule has 3 aromatic rings. The van der Waals surface area contributed by atoms with Crippen molar-refractivity contribution in [2.45, 2.75) is 17.2 Å². The highest BCUT2D eigenvalue weighted by molar-refractivity contribution is 7.92. The van der Waals surface area contributed by atoms with E-state index in [0.29, 0.717) is 10.9 Å². The van der Waals surface area contributed by atoms with Crippen LogP contribution in [0.25, 0.3) is 10.9 Å². The van der Waals surface area contributed by atoms with Gasteiger partial charge in [-0.2, -0.15) is 31.4 Å². The quantitative estimate of drug-likeness (QED) is 0.630. The Balaban J connectivity index is 2.12. The van der Waals surface area contributed by atoms with Gasteiger partial charge in [-0.25, -0.2) is 8.42 Å². The van der Waals surface area contributed by atoms with Gasteiger partial charge in [0.2, 0.25) is 0 Å². The third-order valence-corrected chi connectivity index (χ3v) is 4.95. The Morgan fingerprint density at radius 1 is 0.926 bits per heavy atom. The molecule has 0 saturated heterocycles. The first-order valence-electron chi connectivity index (χ1n) is 7.12. The average molecular weight is 409 g/mol. The molecule has 0 aliphatic heterocycles. The minimum Gasteiger partial charge on any atom is -0.279 e. The zero-order chi connectivity index (χ0) is 20.0. The second-order valence-corrected chi connectivity index (χ2v) is 7.17. The lowest BCUT2D eigenvalue weighted by atomic mass is 10.1. The minimum absolute atomic E-state index is 0.0489. The first-order valence-corrected chi connectivity index (χ1v) is 8.61. The van der Waals surface area contributed by atoms with Gasteiger partial charge in [0, 0.05) is 5.39 Å². The first-order chi connectivity index (χ1) is 12.4. The molecule has 5 nitrogen and oxygen atoms in total. The Bertz CT molecular complexity index is 1070. The lowest BCUT2D eigenvalue weighted by Crippen LogP contribution is -2.17. The molecule has 0 unspecified atom stereocenters. The van der Waals surface area contributed by atoms with Crippen molar-refractivity contribution in [3.8, 4) is 0 Å². The van der Waals surface area contributed by atoms with Crippen LogP contribution in [0.5, 0.6) is 0 Å². The number of anilines is 1. The molecule has 0 spiro atoms. The second kappa shape index (κ2) is 6.15. The van der Waals surface area contributed by atoms with E-state index in [1.54, 1.807) is 6.07 Å². The summed E-state index contributed by atoms with van der Waals surface area (Å²) in [5.74, 6) is 0. The number of H-pyrrole nitrogens is 1. The third-order valence-electron chi connectivity index (χ3n) is 3.60. The van der Waals surface area contributed by atoms with Crippen LogP contribution in [0.3, 0.4) is 0 Å². The van der Waals surface area contributed by atoms with E-state index in [-0.39, 0.29) is 23.9 Å². The van der Waals surface area contributed by atoms with Gasteiger partial charge in [-0.3, -0.25) is 9.82 Å². The number of hydrogen-bond donors (Lipinski definition) is 2. The van der Waals surface area contributed by atoms with Crippen LogP contribution in [0.2, 0.25) is 0 Å². The molecule has 0 saturated carbocycles. The van der Waals surface area contributed by atoms with Gasteiger partial charge in [-0.15, -0.1) is 0 Å². The number of rotatable bonds is 3. The fraction of sp³-hybridized carbons (Fsp3) is 0.133. The lowest BCUT2D eigenvalue weighted by molar-refractivity contribution is -0.143. The lowest BCUT2D eigenvalue weighted by Gasteiger charge is -2.15. The molecule has 0 radical (unpaired) electrons. The van der Waals surface area contributed by atoms with Gasteiger partial charge in [-0.05, 0) is 30.3 Å². The Labute approximate surface area is 148 Å². The average Bonchev–Trinajstić information content (AvgIpc) is 3.02. The molecule has 2 N–H and O–H groups in total. The van der Waals surface area contributed by atoms with Crippen molar-refractivity contribution in [3.05, 3.63) is 53.7 Å². The maximum absolute atomic E-state index is 12.9. The molecule has 27 heavy (non-hydrogen) atoms. The fourth-order valence-corrected chi connectivity index (χ4v) is 3.49. The van der Waals surface area contributed by atoms with E-state index < -0.39 is 38.4 Å². The molecule has 144 valence electrons. The largest absolute Gasteiger partial charge is 0.416 e. The van der Waals surface area contributed by atoms with Crippen LogP contribution < -0.4 is 4.72 Å². The van der Waals surface area contributed by atoms with Crippen molar-refractivity contribution in [1.29, 1.82) is 0 Å². The zero-order valence-corrected chi connectivity index (χ0v) is 13.8. The predicted molar refractivity (Wildman–Crippen MR) is 83.3 cm³/mol.